The van der Waals surface area contributed by atoms with Crippen LogP contribution in [0.4, 0.5) is 0 Å². The lowest BCUT2D eigenvalue weighted by Gasteiger charge is -2.38. The van der Waals surface area contributed by atoms with Gasteiger partial charge in [-0.25, -0.2) is 0 Å². The number of benzene rings is 1. The summed E-state index contributed by atoms with van der Waals surface area (Å²) < 4.78 is 5.56. The van der Waals surface area contributed by atoms with E-state index < -0.39 is 5.92 Å². The Kier molecular flexibility index (Phi) is 7.12. The molecule has 6 heteroatoms. The Morgan fingerprint density at radius 2 is 1.79 bits per heavy atom. The Balaban J connectivity index is 1.44. The molecule has 0 N–H and O–H groups in total. The number of ether oxygens (including phenoxy) is 1. The molecule has 1 saturated heterocycles. The van der Waals surface area contributed by atoms with Crippen molar-refractivity contribution in [1.82, 2.24) is 9.88 Å². The maximum Gasteiger partial charge on any atom is 0.272 e. The second kappa shape index (κ2) is 10.2. The van der Waals surface area contributed by atoms with E-state index in [4.69, 9.17) is 4.74 Å². The molecule has 2 heterocycles. The molecule has 0 spiro atoms. The van der Waals surface area contributed by atoms with Crippen LogP contribution in [0.2, 0.25) is 0 Å². The second-order valence-corrected chi connectivity index (χ2v) is 9.16. The molecule has 2 aliphatic rings. The first-order valence-corrected chi connectivity index (χ1v) is 11.8. The van der Waals surface area contributed by atoms with Gasteiger partial charge in [-0.1, -0.05) is 12.0 Å². The number of pyridine rings is 1. The van der Waals surface area contributed by atoms with E-state index in [9.17, 15) is 14.4 Å². The van der Waals surface area contributed by atoms with Crippen LogP contribution in [0.3, 0.4) is 0 Å². The highest BCUT2D eigenvalue weighted by molar-refractivity contribution is 6.10. The summed E-state index contributed by atoms with van der Waals surface area (Å²) in [7, 11) is 1.56. The molecule has 34 heavy (non-hydrogen) atoms. The fourth-order valence-corrected chi connectivity index (χ4v) is 5.41. The smallest absolute Gasteiger partial charge is 0.272 e. The molecule has 0 unspecified atom stereocenters. The quantitative estimate of drug-likeness (QED) is 0.512. The van der Waals surface area contributed by atoms with E-state index in [1.807, 2.05) is 24.0 Å². The molecule has 1 aromatic carbocycles. The van der Waals surface area contributed by atoms with Crippen LogP contribution >= 0.6 is 0 Å². The number of aryl methyl sites for hydroxylation is 1. The van der Waals surface area contributed by atoms with Crippen molar-refractivity contribution >= 4 is 17.5 Å². The molecule has 176 valence electrons. The van der Waals surface area contributed by atoms with Gasteiger partial charge in [0.15, 0.2) is 0 Å². The number of ketones is 2. The summed E-state index contributed by atoms with van der Waals surface area (Å²) in [4.78, 5) is 45.2. The average molecular weight is 459 g/mol. The van der Waals surface area contributed by atoms with E-state index in [-0.39, 0.29) is 29.3 Å². The molecule has 6 nitrogen and oxygen atoms in total. The van der Waals surface area contributed by atoms with Crippen molar-refractivity contribution in [1.29, 1.82) is 0 Å². The Morgan fingerprint density at radius 1 is 1.09 bits per heavy atom. The number of methoxy groups -OCH3 is 1. The number of hydrogen-bond donors (Lipinski definition) is 0. The molecule has 2 aromatic rings. The van der Waals surface area contributed by atoms with Gasteiger partial charge in [0.25, 0.3) is 5.91 Å². The van der Waals surface area contributed by atoms with Gasteiger partial charge in [0.1, 0.15) is 28.9 Å². The van der Waals surface area contributed by atoms with Crippen LogP contribution in [-0.2, 0) is 9.59 Å². The predicted octanol–water partition coefficient (Wildman–Crippen LogP) is 3.95. The standard InChI is InChI=1S/C28H30N2O4/c1-4-7-19-14-18(2)26(25(15-19)34-3)27-23(31)16-21(17-24(27)32)20-9-12-30(13-10-20)28(33)22-8-5-6-11-29-22/h5-6,8,11,14-15,20-21,27H,9-10,12-13,16-17H2,1-3H3. The summed E-state index contributed by atoms with van der Waals surface area (Å²) in [6.07, 6.45) is 3.97. The number of Topliss-reactive ketones (excluding diaryl/α,β-unsaturated/α-hetero) is 2. The molecule has 1 aliphatic carbocycles. The monoisotopic (exact) mass is 458 g/mol. The third-order valence-electron chi connectivity index (χ3n) is 7.08. The first-order chi connectivity index (χ1) is 16.4. The minimum absolute atomic E-state index is 0.0277. The molecule has 1 amide bonds. The van der Waals surface area contributed by atoms with E-state index in [1.165, 1.54) is 0 Å². The van der Waals surface area contributed by atoms with Gasteiger partial charge in [0.2, 0.25) is 0 Å². The number of rotatable bonds is 4. The number of hydrogen-bond acceptors (Lipinski definition) is 5. The lowest BCUT2D eigenvalue weighted by Crippen LogP contribution is -2.43. The van der Waals surface area contributed by atoms with Gasteiger partial charge in [-0.2, -0.15) is 0 Å². The van der Waals surface area contributed by atoms with Gasteiger partial charge >= 0.3 is 0 Å². The van der Waals surface area contributed by atoms with Crippen LogP contribution in [0, 0.1) is 30.6 Å². The lowest BCUT2D eigenvalue weighted by atomic mass is 9.69. The summed E-state index contributed by atoms with van der Waals surface area (Å²) in [5.74, 6) is 5.80. The number of likely N-dealkylation sites (tertiary alicyclic amines) is 1. The van der Waals surface area contributed by atoms with Gasteiger partial charge in [-0.15, -0.1) is 5.92 Å². The number of carbonyl (C=O) groups excluding carboxylic acids is 3. The SMILES string of the molecule is CC#Cc1cc(C)c(C2C(=O)CC(C3CCN(C(=O)c4ccccn4)CC3)CC2=O)c(OC)c1. The summed E-state index contributed by atoms with van der Waals surface area (Å²) in [6, 6.07) is 9.04. The third kappa shape index (κ3) is 4.75. The fraction of sp³-hybridized carbons (Fsp3) is 0.429. The fourth-order valence-electron chi connectivity index (χ4n) is 5.41. The number of nitrogens with zero attached hydrogens (tertiary/aromatic N) is 2. The van der Waals surface area contributed by atoms with E-state index >= 15 is 0 Å². The molecule has 0 atom stereocenters. The molecule has 1 aliphatic heterocycles. The van der Waals surface area contributed by atoms with E-state index in [2.05, 4.69) is 16.8 Å². The Morgan fingerprint density at radius 3 is 2.38 bits per heavy atom. The highest BCUT2D eigenvalue weighted by Crippen LogP contribution is 2.41. The summed E-state index contributed by atoms with van der Waals surface area (Å²) in [5.41, 5.74) is 2.78. The first-order valence-electron chi connectivity index (χ1n) is 11.8. The van der Waals surface area contributed by atoms with Crippen molar-refractivity contribution in [3.63, 3.8) is 0 Å². The maximum absolute atomic E-state index is 13.3. The van der Waals surface area contributed by atoms with E-state index in [1.54, 1.807) is 38.4 Å². The van der Waals surface area contributed by atoms with Gasteiger partial charge in [-0.05, 0) is 68.4 Å². The zero-order chi connectivity index (χ0) is 24.2. The Bertz CT molecular complexity index is 1140. The Hall–Kier alpha value is -3.46. The minimum atomic E-state index is -0.777. The summed E-state index contributed by atoms with van der Waals surface area (Å²) >= 11 is 0. The van der Waals surface area contributed by atoms with Crippen LogP contribution in [0.1, 0.15) is 65.7 Å². The third-order valence-corrected chi connectivity index (χ3v) is 7.08. The normalized spacial score (nSPS) is 21.1. The first kappa shape index (κ1) is 23.7. The predicted molar refractivity (Wildman–Crippen MR) is 129 cm³/mol. The van der Waals surface area contributed by atoms with E-state index in [0.717, 1.165) is 24.0 Å². The van der Waals surface area contributed by atoms with Crippen molar-refractivity contribution in [2.24, 2.45) is 11.8 Å². The molecule has 0 radical (unpaired) electrons. The van der Waals surface area contributed by atoms with Crippen molar-refractivity contribution in [2.75, 3.05) is 20.2 Å². The van der Waals surface area contributed by atoms with Gasteiger partial charge in [-0.3, -0.25) is 19.4 Å². The van der Waals surface area contributed by atoms with Gasteiger partial charge in [0, 0.05) is 43.3 Å². The Labute approximate surface area is 200 Å². The van der Waals surface area contributed by atoms with Crippen LogP contribution in [0.15, 0.2) is 36.5 Å². The highest BCUT2D eigenvalue weighted by atomic mass is 16.5. The van der Waals surface area contributed by atoms with Crippen molar-refractivity contribution in [3.05, 3.63) is 58.9 Å². The highest BCUT2D eigenvalue weighted by Gasteiger charge is 2.42. The number of aromatic nitrogens is 1. The van der Waals surface area contributed by atoms with Crippen LogP contribution < -0.4 is 4.74 Å². The number of piperidine rings is 1. The zero-order valence-corrected chi connectivity index (χ0v) is 20.0. The summed E-state index contributed by atoms with van der Waals surface area (Å²) in [5, 5.41) is 0. The van der Waals surface area contributed by atoms with Gasteiger partial charge in [0.05, 0.1) is 7.11 Å². The number of carbonyl (C=O) groups is 3. The molecule has 2 fully saturated rings. The van der Waals surface area contributed by atoms with Crippen molar-refractivity contribution < 1.29 is 19.1 Å². The molecule has 1 saturated carbocycles. The molecule has 4 rings (SSSR count). The van der Waals surface area contributed by atoms with Crippen LogP contribution in [0.25, 0.3) is 0 Å². The molecular formula is C28H30N2O4. The summed E-state index contributed by atoms with van der Waals surface area (Å²) in [6.45, 7) is 4.91. The molecule has 1 aromatic heterocycles. The van der Waals surface area contributed by atoms with Crippen molar-refractivity contribution in [2.45, 2.75) is 45.4 Å². The molecule has 0 bridgehead atoms. The topological polar surface area (TPSA) is 76.6 Å². The van der Waals surface area contributed by atoms with Crippen molar-refractivity contribution in [3.8, 4) is 17.6 Å². The average Bonchev–Trinajstić information content (AvgIpc) is 2.85. The maximum atomic E-state index is 13.3. The number of amides is 1. The largest absolute Gasteiger partial charge is 0.496 e. The minimum Gasteiger partial charge on any atom is -0.496 e. The zero-order valence-electron chi connectivity index (χ0n) is 20.0. The van der Waals surface area contributed by atoms with Crippen LogP contribution in [0.5, 0.6) is 5.75 Å². The van der Waals surface area contributed by atoms with Crippen LogP contribution in [-0.4, -0.2) is 47.6 Å². The second-order valence-electron chi connectivity index (χ2n) is 9.16. The van der Waals surface area contributed by atoms with E-state index in [0.29, 0.717) is 42.9 Å². The lowest BCUT2D eigenvalue weighted by molar-refractivity contribution is -0.134. The molecular weight excluding hydrogens is 428 g/mol. The van der Waals surface area contributed by atoms with Gasteiger partial charge < -0.3 is 9.64 Å².